The van der Waals surface area contributed by atoms with Crippen LogP contribution < -0.4 is 6.15 Å². The van der Waals surface area contributed by atoms with Gasteiger partial charge in [-0.25, -0.2) is 9.50 Å². The first-order valence-corrected chi connectivity index (χ1v) is 2.70. The highest BCUT2D eigenvalue weighted by atomic mass is 15.2. The third-order valence-electron chi connectivity index (χ3n) is 1.21. The third kappa shape index (κ3) is 0.844. The maximum Gasteiger partial charge on any atom is 0.136 e. The molecular formula is C6H8N4. The molecule has 52 valence electrons. The Morgan fingerprint density at radius 1 is 1.40 bits per heavy atom. The largest absolute Gasteiger partial charge is 0.344 e. The molecule has 0 fully saturated rings. The number of rotatable bonds is 0. The smallest absolute Gasteiger partial charge is 0.136 e. The van der Waals surface area contributed by atoms with Crippen LogP contribution in [-0.4, -0.2) is 14.6 Å². The molecular weight excluding hydrogens is 128 g/mol. The lowest BCUT2D eigenvalue weighted by Crippen LogP contribution is -1.87. The molecule has 0 aliphatic carbocycles. The quantitative estimate of drug-likeness (QED) is 0.585. The molecule has 4 nitrogen and oxygen atoms in total. The van der Waals surface area contributed by atoms with E-state index in [0.29, 0.717) is 0 Å². The molecule has 0 amide bonds. The van der Waals surface area contributed by atoms with Gasteiger partial charge in [0.05, 0.1) is 11.7 Å². The maximum absolute atomic E-state index is 3.95. The Balaban J connectivity index is 0.000000500. The second-order valence-electron chi connectivity index (χ2n) is 1.79. The molecule has 0 radical (unpaired) electrons. The van der Waals surface area contributed by atoms with E-state index in [2.05, 4.69) is 10.1 Å². The van der Waals surface area contributed by atoms with Gasteiger partial charge in [0, 0.05) is 6.20 Å². The van der Waals surface area contributed by atoms with Crippen molar-refractivity contribution in [1.29, 1.82) is 0 Å². The van der Waals surface area contributed by atoms with Crippen molar-refractivity contribution >= 4 is 5.52 Å². The summed E-state index contributed by atoms with van der Waals surface area (Å²) in [4.78, 5) is 3.85. The minimum atomic E-state index is 0. The van der Waals surface area contributed by atoms with Crippen LogP contribution in [0.5, 0.6) is 0 Å². The molecule has 0 atom stereocenters. The Morgan fingerprint density at radius 3 is 3.10 bits per heavy atom. The van der Waals surface area contributed by atoms with Crippen LogP contribution in [-0.2, 0) is 0 Å². The highest BCUT2D eigenvalue weighted by molar-refractivity contribution is 5.42. The van der Waals surface area contributed by atoms with Crippen molar-refractivity contribution in [2.75, 3.05) is 0 Å². The minimum absolute atomic E-state index is 0. The van der Waals surface area contributed by atoms with E-state index in [1.807, 2.05) is 18.3 Å². The van der Waals surface area contributed by atoms with Crippen LogP contribution in [0.3, 0.4) is 0 Å². The van der Waals surface area contributed by atoms with E-state index in [0.717, 1.165) is 5.52 Å². The SMILES string of the molecule is N.c1cc2cncnn2c1. The Bertz CT molecular complexity index is 284. The molecule has 2 aromatic rings. The molecule has 3 N–H and O–H groups in total. The zero-order valence-corrected chi connectivity index (χ0v) is 5.44. The number of hydrogen-bond donors (Lipinski definition) is 1. The molecule has 0 saturated carbocycles. The molecule has 0 unspecified atom stereocenters. The molecule has 0 spiro atoms. The van der Waals surface area contributed by atoms with Gasteiger partial charge in [-0.15, -0.1) is 0 Å². The van der Waals surface area contributed by atoms with Gasteiger partial charge in [0.15, 0.2) is 0 Å². The summed E-state index contributed by atoms with van der Waals surface area (Å²) in [5.41, 5.74) is 1.03. The molecule has 4 heteroatoms. The highest BCUT2D eigenvalue weighted by Gasteiger charge is 1.86. The second kappa shape index (κ2) is 2.45. The predicted octanol–water partition coefficient (Wildman–Crippen LogP) is 0.891. The predicted molar refractivity (Wildman–Crippen MR) is 38.0 cm³/mol. The third-order valence-corrected chi connectivity index (χ3v) is 1.21. The number of nitrogens with zero attached hydrogens (tertiary/aromatic N) is 3. The van der Waals surface area contributed by atoms with Crippen molar-refractivity contribution in [2.45, 2.75) is 0 Å². The second-order valence-corrected chi connectivity index (χ2v) is 1.79. The van der Waals surface area contributed by atoms with Gasteiger partial charge in [0.2, 0.25) is 0 Å². The summed E-state index contributed by atoms with van der Waals surface area (Å²) in [7, 11) is 0. The van der Waals surface area contributed by atoms with E-state index >= 15 is 0 Å². The molecule has 0 saturated heterocycles. The van der Waals surface area contributed by atoms with Crippen molar-refractivity contribution in [3.8, 4) is 0 Å². The van der Waals surface area contributed by atoms with Gasteiger partial charge < -0.3 is 6.15 Å². The number of aromatic nitrogens is 3. The highest BCUT2D eigenvalue weighted by Crippen LogP contribution is 1.96. The first kappa shape index (κ1) is 6.70. The van der Waals surface area contributed by atoms with Crippen molar-refractivity contribution in [1.82, 2.24) is 20.7 Å². The molecule has 0 bridgehead atoms. The summed E-state index contributed by atoms with van der Waals surface area (Å²) in [6.07, 6.45) is 5.18. The number of fused-ring (bicyclic) bond motifs is 1. The van der Waals surface area contributed by atoms with E-state index in [9.17, 15) is 0 Å². The summed E-state index contributed by atoms with van der Waals surface area (Å²) in [5.74, 6) is 0. The fourth-order valence-corrected chi connectivity index (χ4v) is 0.788. The monoisotopic (exact) mass is 136 g/mol. The van der Waals surface area contributed by atoms with Gasteiger partial charge in [0.1, 0.15) is 6.33 Å². The zero-order chi connectivity index (χ0) is 6.10. The topological polar surface area (TPSA) is 65.2 Å². The maximum atomic E-state index is 3.95. The lowest BCUT2D eigenvalue weighted by Gasteiger charge is -1.86. The standard InChI is InChI=1S/C6H5N3.H3N/c1-2-6-4-7-5-8-9(6)3-1;/h1-5H;1H3. The lowest BCUT2D eigenvalue weighted by atomic mass is 10.5. The van der Waals surface area contributed by atoms with Gasteiger partial charge in [0.25, 0.3) is 0 Å². The Morgan fingerprint density at radius 2 is 2.30 bits per heavy atom. The van der Waals surface area contributed by atoms with E-state index in [1.54, 1.807) is 10.7 Å². The molecule has 2 rings (SSSR count). The van der Waals surface area contributed by atoms with Crippen LogP contribution in [0.2, 0.25) is 0 Å². The average Bonchev–Trinajstić information content (AvgIpc) is 2.33. The molecule has 0 aliphatic heterocycles. The molecule has 2 aromatic heterocycles. The van der Waals surface area contributed by atoms with Gasteiger partial charge in [-0.2, -0.15) is 5.10 Å². The van der Waals surface area contributed by atoms with Crippen LogP contribution in [0.25, 0.3) is 5.52 Å². The van der Waals surface area contributed by atoms with Crippen molar-refractivity contribution < 1.29 is 0 Å². The fourth-order valence-electron chi connectivity index (χ4n) is 0.788. The normalized spacial score (nSPS) is 9.20. The Kier molecular flexibility index (Phi) is 1.64. The Labute approximate surface area is 58.1 Å². The summed E-state index contributed by atoms with van der Waals surface area (Å²) in [6, 6.07) is 3.89. The first-order valence-electron chi connectivity index (χ1n) is 2.70. The van der Waals surface area contributed by atoms with E-state index in [1.165, 1.54) is 6.33 Å². The van der Waals surface area contributed by atoms with Crippen LogP contribution in [0.4, 0.5) is 0 Å². The van der Waals surface area contributed by atoms with Crippen LogP contribution in [0, 0.1) is 0 Å². The van der Waals surface area contributed by atoms with Gasteiger partial charge >= 0.3 is 0 Å². The van der Waals surface area contributed by atoms with Crippen LogP contribution in [0.1, 0.15) is 0 Å². The first-order chi connectivity index (χ1) is 4.47. The van der Waals surface area contributed by atoms with Crippen molar-refractivity contribution in [3.63, 3.8) is 0 Å². The van der Waals surface area contributed by atoms with E-state index in [-0.39, 0.29) is 6.15 Å². The molecule has 2 heterocycles. The summed E-state index contributed by atoms with van der Waals surface area (Å²) in [5, 5.41) is 3.95. The summed E-state index contributed by atoms with van der Waals surface area (Å²) in [6.45, 7) is 0. The van der Waals surface area contributed by atoms with Gasteiger partial charge in [-0.05, 0) is 12.1 Å². The molecule has 10 heavy (non-hydrogen) atoms. The molecule has 0 aliphatic rings. The van der Waals surface area contributed by atoms with Gasteiger partial charge in [-0.1, -0.05) is 0 Å². The zero-order valence-electron chi connectivity index (χ0n) is 5.44. The Hall–Kier alpha value is -1.42. The minimum Gasteiger partial charge on any atom is -0.344 e. The van der Waals surface area contributed by atoms with E-state index < -0.39 is 0 Å². The lowest BCUT2D eigenvalue weighted by molar-refractivity contribution is 0.903. The van der Waals surface area contributed by atoms with E-state index in [4.69, 9.17) is 0 Å². The van der Waals surface area contributed by atoms with Crippen LogP contribution in [0.15, 0.2) is 30.9 Å². The van der Waals surface area contributed by atoms with Gasteiger partial charge in [-0.3, -0.25) is 0 Å². The fraction of sp³-hybridized carbons (Fsp3) is 0. The average molecular weight is 136 g/mol. The summed E-state index contributed by atoms with van der Waals surface area (Å²) < 4.78 is 1.77. The van der Waals surface area contributed by atoms with Crippen LogP contribution >= 0.6 is 0 Å². The molecule has 0 aromatic carbocycles. The summed E-state index contributed by atoms with van der Waals surface area (Å²) >= 11 is 0. The van der Waals surface area contributed by atoms with Crippen molar-refractivity contribution in [2.24, 2.45) is 0 Å². The van der Waals surface area contributed by atoms with Crippen molar-refractivity contribution in [3.05, 3.63) is 30.9 Å². The number of hydrogen-bond acceptors (Lipinski definition) is 3.